The van der Waals surface area contributed by atoms with Gasteiger partial charge < -0.3 is 20.1 Å². The van der Waals surface area contributed by atoms with Crippen LogP contribution in [0.3, 0.4) is 0 Å². The zero-order valence-corrected chi connectivity index (χ0v) is 15.2. The highest BCUT2D eigenvalue weighted by atomic mass is 19.4. The van der Waals surface area contributed by atoms with Crippen LogP contribution in [0.2, 0.25) is 0 Å². The molecular formula is C16H31F3N4O2. The number of aliphatic imine (C=N–C) groups is 1. The van der Waals surface area contributed by atoms with Crippen LogP contribution in [0.25, 0.3) is 0 Å². The van der Waals surface area contributed by atoms with Crippen molar-refractivity contribution in [3.63, 3.8) is 0 Å². The van der Waals surface area contributed by atoms with Crippen molar-refractivity contribution in [2.24, 2.45) is 10.9 Å². The Morgan fingerprint density at radius 1 is 1.24 bits per heavy atom. The van der Waals surface area contributed by atoms with Crippen molar-refractivity contribution in [3.8, 4) is 0 Å². The zero-order valence-electron chi connectivity index (χ0n) is 15.2. The van der Waals surface area contributed by atoms with E-state index in [4.69, 9.17) is 9.47 Å². The van der Waals surface area contributed by atoms with Crippen LogP contribution in [-0.4, -0.2) is 83.7 Å². The summed E-state index contributed by atoms with van der Waals surface area (Å²) >= 11 is 0. The number of halogens is 3. The number of hydrogen-bond donors (Lipinski definition) is 2. The molecule has 1 saturated heterocycles. The molecule has 0 amide bonds. The van der Waals surface area contributed by atoms with Crippen LogP contribution in [0.1, 0.15) is 19.3 Å². The van der Waals surface area contributed by atoms with Crippen LogP contribution in [0.4, 0.5) is 13.2 Å². The quantitative estimate of drug-likeness (QED) is 0.348. The number of alkyl halides is 3. The SMILES string of the molecule is CN=C(NCCCOCC1CCOCC1)NCCN(C)CC(F)(F)F. The molecule has 1 aliphatic rings. The van der Waals surface area contributed by atoms with Gasteiger partial charge in [0.2, 0.25) is 0 Å². The molecule has 25 heavy (non-hydrogen) atoms. The Balaban J connectivity index is 2.00. The minimum absolute atomic E-state index is 0.286. The maximum absolute atomic E-state index is 12.2. The van der Waals surface area contributed by atoms with E-state index >= 15 is 0 Å². The van der Waals surface area contributed by atoms with Gasteiger partial charge in [-0.1, -0.05) is 0 Å². The van der Waals surface area contributed by atoms with Crippen LogP contribution in [0.5, 0.6) is 0 Å². The Kier molecular flexibility index (Phi) is 10.8. The lowest BCUT2D eigenvalue weighted by molar-refractivity contribution is -0.142. The monoisotopic (exact) mass is 368 g/mol. The minimum atomic E-state index is -4.17. The minimum Gasteiger partial charge on any atom is -0.381 e. The van der Waals surface area contributed by atoms with Crippen molar-refractivity contribution in [3.05, 3.63) is 0 Å². The van der Waals surface area contributed by atoms with Gasteiger partial charge in [0.05, 0.1) is 6.54 Å². The molecule has 0 aromatic heterocycles. The third-order valence-corrected chi connectivity index (χ3v) is 3.91. The lowest BCUT2D eigenvalue weighted by Crippen LogP contribution is -2.42. The normalized spacial score (nSPS) is 17.1. The molecule has 0 spiro atoms. The summed E-state index contributed by atoms with van der Waals surface area (Å²) in [5.41, 5.74) is 0. The molecule has 1 heterocycles. The maximum atomic E-state index is 12.2. The van der Waals surface area contributed by atoms with Gasteiger partial charge in [-0.15, -0.1) is 0 Å². The van der Waals surface area contributed by atoms with E-state index in [0.717, 1.165) is 39.1 Å². The standard InChI is InChI=1S/C16H31F3N4O2/c1-20-15(22-7-8-23(2)13-16(17,18)19)21-6-3-9-25-12-14-4-10-24-11-5-14/h14H,3-13H2,1-2H3,(H2,20,21,22). The van der Waals surface area contributed by atoms with Crippen LogP contribution in [-0.2, 0) is 9.47 Å². The van der Waals surface area contributed by atoms with Gasteiger partial charge in [-0.2, -0.15) is 13.2 Å². The predicted octanol–water partition coefficient (Wildman–Crippen LogP) is 1.48. The fraction of sp³-hybridized carbons (Fsp3) is 0.938. The summed E-state index contributed by atoms with van der Waals surface area (Å²) < 4.78 is 47.7. The molecule has 148 valence electrons. The Bertz CT molecular complexity index is 375. The second kappa shape index (κ2) is 12.3. The third-order valence-electron chi connectivity index (χ3n) is 3.91. The molecule has 1 rings (SSSR count). The zero-order chi connectivity index (χ0) is 18.5. The van der Waals surface area contributed by atoms with E-state index in [1.54, 1.807) is 7.05 Å². The first kappa shape index (κ1) is 22.0. The molecule has 0 aromatic carbocycles. The fourth-order valence-corrected chi connectivity index (χ4v) is 2.51. The molecule has 1 fully saturated rings. The molecule has 0 aromatic rings. The van der Waals surface area contributed by atoms with E-state index in [1.165, 1.54) is 11.9 Å². The molecule has 0 aliphatic carbocycles. The summed E-state index contributed by atoms with van der Waals surface area (Å²) in [6.07, 6.45) is -1.19. The first-order valence-corrected chi connectivity index (χ1v) is 8.76. The average molecular weight is 368 g/mol. The van der Waals surface area contributed by atoms with E-state index in [1.807, 2.05) is 0 Å². The smallest absolute Gasteiger partial charge is 0.381 e. The number of nitrogens with zero attached hydrogens (tertiary/aromatic N) is 2. The lowest BCUT2D eigenvalue weighted by Gasteiger charge is -2.21. The van der Waals surface area contributed by atoms with E-state index in [0.29, 0.717) is 31.6 Å². The lowest BCUT2D eigenvalue weighted by atomic mass is 10.0. The summed E-state index contributed by atoms with van der Waals surface area (Å²) in [6.45, 7) is 3.58. The van der Waals surface area contributed by atoms with Crippen LogP contribution < -0.4 is 10.6 Å². The Labute approximate surface area is 148 Å². The summed E-state index contributed by atoms with van der Waals surface area (Å²) in [4.78, 5) is 5.28. The maximum Gasteiger partial charge on any atom is 0.401 e. The van der Waals surface area contributed by atoms with Crippen LogP contribution in [0, 0.1) is 5.92 Å². The summed E-state index contributed by atoms with van der Waals surface area (Å²) in [6, 6.07) is 0. The number of ether oxygens (including phenoxy) is 2. The van der Waals surface area contributed by atoms with Crippen LogP contribution >= 0.6 is 0 Å². The number of hydrogen-bond acceptors (Lipinski definition) is 4. The van der Waals surface area contributed by atoms with Gasteiger partial charge in [-0.05, 0) is 32.2 Å². The van der Waals surface area contributed by atoms with E-state index in [9.17, 15) is 13.2 Å². The Morgan fingerprint density at radius 3 is 2.56 bits per heavy atom. The van der Waals surface area contributed by atoms with Gasteiger partial charge in [-0.3, -0.25) is 9.89 Å². The van der Waals surface area contributed by atoms with Gasteiger partial charge in [0, 0.05) is 53.1 Å². The van der Waals surface area contributed by atoms with Crippen molar-refractivity contribution in [1.82, 2.24) is 15.5 Å². The topological polar surface area (TPSA) is 58.1 Å². The summed E-state index contributed by atoms with van der Waals surface area (Å²) in [7, 11) is 3.08. The van der Waals surface area contributed by atoms with Crippen molar-refractivity contribution >= 4 is 5.96 Å². The number of likely N-dealkylation sites (N-methyl/N-ethyl adjacent to an activating group) is 1. The molecule has 0 bridgehead atoms. The highest BCUT2D eigenvalue weighted by molar-refractivity contribution is 5.79. The molecule has 6 nitrogen and oxygen atoms in total. The van der Waals surface area contributed by atoms with E-state index in [2.05, 4.69) is 15.6 Å². The van der Waals surface area contributed by atoms with Crippen molar-refractivity contribution in [2.75, 3.05) is 66.7 Å². The summed E-state index contributed by atoms with van der Waals surface area (Å²) in [5.74, 6) is 1.19. The number of guanidine groups is 1. The largest absolute Gasteiger partial charge is 0.401 e. The molecule has 0 atom stereocenters. The van der Waals surface area contributed by atoms with Crippen molar-refractivity contribution in [1.29, 1.82) is 0 Å². The third kappa shape index (κ3) is 12.0. The average Bonchev–Trinajstić information content (AvgIpc) is 2.55. The van der Waals surface area contributed by atoms with Gasteiger partial charge in [0.25, 0.3) is 0 Å². The fourth-order valence-electron chi connectivity index (χ4n) is 2.51. The van der Waals surface area contributed by atoms with Crippen molar-refractivity contribution < 1.29 is 22.6 Å². The molecule has 0 radical (unpaired) electrons. The van der Waals surface area contributed by atoms with Gasteiger partial charge in [0.15, 0.2) is 5.96 Å². The predicted molar refractivity (Wildman–Crippen MR) is 91.9 cm³/mol. The molecule has 0 unspecified atom stereocenters. The van der Waals surface area contributed by atoms with Crippen LogP contribution in [0.15, 0.2) is 4.99 Å². The van der Waals surface area contributed by atoms with E-state index < -0.39 is 12.7 Å². The Morgan fingerprint density at radius 2 is 1.92 bits per heavy atom. The summed E-state index contributed by atoms with van der Waals surface area (Å²) in [5, 5.41) is 6.13. The molecule has 0 saturated carbocycles. The highest BCUT2D eigenvalue weighted by Gasteiger charge is 2.28. The number of rotatable bonds is 10. The second-order valence-electron chi connectivity index (χ2n) is 6.26. The first-order chi connectivity index (χ1) is 11.9. The van der Waals surface area contributed by atoms with Gasteiger partial charge in [-0.25, -0.2) is 0 Å². The van der Waals surface area contributed by atoms with Gasteiger partial charge in [0.1, 0.15) is 0 Å². The second-order valence-corrected chi connectivity index (χ2v) is 6.26. The molecule has 1 aliphatic heterocycles. The molecule has 2 N–H and O–H groups in total. The van der Waals surface area contributed by atoms with E-state index in [-0.39, 0.29) is 6.54 Å². The van der Waals surface area contributed by atoms with Crippen molar-refractivity contribution in [2.45, 2.75) is 25.4 Å². The molecule has 9 heteroatoms. The number of nitrogens with one attached hydrogen (secondary N) is 2. The van der Waals surface area contributed by atoms with Gasteiger partial charge >= 0.3 is 6.18 Å². The Hall–Kier alpha value is -1.06. The molecular weight excluding hydrogens is 337 g/mol. The first-order valence-electron chi connectivity index (χ1n) is 8.76. The highest BCUT2D eigenvalue weighted by Crippen LogP contribution is 2.15.